The van der Waals surface area contributed by atoms with E-state index in [0.29, 0.717) is 29.3 Å². The number of carbonyl (C=O) groups is 1. The van der Waals surface area contributed by atoms with Gasteiger partial charge in [0.15, 0.2) is 17.9 Å². The molecule has 0 radical (unpaired) electrons. The smallest absolute Gasteiger partial charge is 0.251 e. The number of hydrogen-bond acceptors (Lipinski definition) is 5. The fourth-order valence-electron chi connectivity index (χ4n) is 2.55. The first-order valence-corrected chi connectivity index (χ1v) is 8.08. The molecule has 2 aromatic carbocycles. The maximum absolute atomic E-state index is 12.3. The van der Waals surface area contributed by atoms with Gasteiger partial charge in [-0.2, -0.15) is 0 Å². The van der Waals surface area contributed by atoms with Crippen LogP contribution in [-0.2, 0) is 6.54 Å². The van der Waals surface area contributed by atoms with Crippen LogP contribution in [0, 0.1) is 0 Å². The summed E-state index contributed by atoms with van der Waals surface area (Å²) in [5.74, 6) is 1.15. The highest BCUT2D eigenvalue weighted by molar-refractivity contribution is 5.94. The SMILES string of the molecule is O=C(NCc1cc(-c2ccccc2)on1)c1ccc(-c2cnco2)cc1. The van der Waals surface area contributed by atoms with Crippen molar-refractivity contribution in [1.82, 2.24) is 15.5 Å². The lowest BCUT2D eigenvalue weighted by molar-refractivity contribution is 0.0950. The first-order chi connectivity index (χ1) is 12.8. The third kappa shape index (κ3) is 3.39. The van der Waals surface area contributed by atoms with Crippen LogP contribution < -0.4 is 5.32 Å². The van der Waals surface area contributed by atoms with Crippen molar-refractivity contribution < 1.29 is 13.7 Å². The van der Waals surface area contributed by atoms with Crippen molar-refractivity contribution >= 4 is 5.91 Å². The number of nitrogens with zero attached hydrogens (tertiary/aromatic N) is 2. The molecular formula is C20H15N3O3. The van der Waals surface area contributed by atoms with Gasteiger partial charge in [-0.1, -0.05) is 47.6 Å². The Morgan fingerprint density at radius 1 is 0.962 bits per heavy atom. The molecule has 1 N–H and O–H groups in total. The molecule has 0 spiro atoms. The van der Waals surface area contributed by atoms with Gasteiger partial charge in [0.1, 0.15) is 5.69 Å². The molecule has 0 atom stereocenters. The predicted octanol–water partition coefficient (Wildman–Crippen LogP) is 3.93. The van der Waals surface area contributed by atoms with Crippen molar-refractivity contribution in [2.75, 3.05) is 0 Å². The van der Waals surface area contributed by atoms with E-state index in [1.54, 1.807) is 18.3 Å². The van der Waals surface area contributed by atoms with E-state index in [9.17, 15) is 4.79 Å². The number of nitrogens with one attached hydrogen (secondary N) is 1. The second-order valence-electron chi connectivity index (χ2n) is 5.67. The number of benzene rings is 2. The number of amides is 1. The zero-order valence-corrected chi connectivity index (χ0v) is 13.8. The number of oxazole rings is 1. The van der Waals surface area contributed by atoms with Crippen LogP contribution in [0.4, 0.5) is 0 Å². The fraction of sp³-hybridized carbons (Fsp3) is 0.0500. The van der Waals surface area contributed by atoms with E-state index in [-0.39, 0.29) is 5.91 Å². The van der Waals surface area contributed by atoms with E-state index in [1.165, 1.54) is 6.39 Å². The Hall–Kier alpha value is -3.67. The largest absolute Gasteiger partial charge is 0.444 e. The van der Waals surface area contributed by atoms with Gasteiger partial charge in [0.25, 0.3) is 5.91 Å². The summed E-state index contributed by atoms with van der Waals surface area (Å²) in [5.41, 5.74) is 3.03. The Bertz CT molecular complexity index is 990. The van der Waals surface area contributed by atoms with Gasteiger partial charge in [-0.3, -0.25) is 4.79 Å². The van der Waals surface area contributed by atoms with Gasteiger partial charge >= 0.3 is 0 Å². The first-order valence-electron chi connectivity index (χ1n) is 8.08. The Morgan fingerprint density at radius 2 is 1.73 bits per heavy atom. The second kappa shape index (κ2) is 7.06. The lowest BCUT2D eigenvalue weighted by Gasteiger charge is -2.03. The molecule has 6 heteroatoms. The zero-order chi connectivity index (χ0) is 17.8. The third-order valence-corrected chi connectivity index (χ3v) is 3.91. The molecule has 0 aliphatic heterocycles. The molecule has 0 fully saturated rings. The van der Waals surface area contributed by atoms with Crippen LogP contribution in [0.2, 0.25) is 0 Å². The van der Waals surface area contributed by atoms with E-state index in [2.05, 4.69) is 15.5 Å². The van der Waals surface area contributed by atoms with Crippen LogP contribution in [0.5, 0.6) is 0 Å². The summed E-state index contributed by atoms with van der Waals surface area (Å²) in [7, 11) is 0. The molecule has 2 aromatic heterocycles. The van der Waals surface area contributed by atoms with Crippen molar-refractivity contribution in [2.45, 2.75) is 6.54 Å². The van der Waals surface area contributed by atoms with Gasteiger partial charge in [0.05, 0.1) is 12.7 Å². The molecule has 4 rings (SSSR count). The third-order valence-electron chi connectivity index (χ3n) is 3.91. The van der Waals surface area contributed by atoms with Crippen LogP contribution in [0.3, 0.4) is 0 Å². The Balaban J connectivity index is 1.39. The number of carbonyl (C=O) groups excluding carboxylic acids is 1. The van der Waals surface area contributed by atoms with E-state index in [1.807, 2.05) is 48.5 Å². The van der Waals surface area contributed by atoms with Crippen LogP contribution in [0.25, 0.3) is 22.6 Å². The molecule has 0 aliphatic rings. The maximum atomic E-state index is 12.3. The Labute approximate surface area is 149 Å². The molecule has 0 saturated carbocycles. The molecule has 0 unspecified atom stereocenters. The lowest BCUT2D eigenvalue weighted by atomic mass is 10.1. The van der Waals surface area contributed by atoms with Crippen LogP contribution in [-0.4, -0.2) is 16.0 Å². The van der Waals surface area contributed by atoms with Crippen LogP contribution in [0.1, 0.15) is 16.1 Å². The first kappa shape index (κ1) is 15.8. The zero-order valence-electron chi connectivity index (χ0n) is 13.8. The van der Waals surface area contributed by atoms with Crippen molar-refractivity contribution in [3.63, 3.8) is 0 Å². The minimum atomic E-state index is -0.182. The predicted molar refractivity (Wildman–Crippen MR) is 95.0 cm³/mol. The molecule has 128 valence electrons. The Morgan fingerprint density at radius 3 is 2.46 bits per heavy atom. The van der Waals surface area contributed by atoms with Gasteiger partial charge in [-0.05, 0) is 12.1 Å². The molecule has 0 aliphatic carbocycles. The average molecular weight is 345 g/mol. The van der Waals surface area contributed by atoms with Gasteiger partial charge < -0.3 is 14.3 Å². The van der Waals surface area contributed by atoms with Crippen molar-refractivity contribution in [2.24, 2.45) is 0 Å². The summed E-state index contributed by atoms with van der Waals surface area (Å²) in [5, 5.41) is 6.83. The molecule has 2 heterocycles. The van der Waals surface area contributed by atoms with Gasteiger partial charge in [-0.25, -0.2) is 4.98 Å². The monoisotopic (exact) mass is 345 g/mol. The summed E-state index contributed by atoms with van der Waals surface area (Å²) in [4.78, 5) is 16.2. The summed E-state index contributed by atoms with van der Waals surface area (Å²) >= 11 is 0. The van der Waals surface area contributed by atoms with E-state index >= 15 is 0 Å². The van der Waals surface area contributed by atoms with Crippen molar-refractivity contribution in [3.05, 3.63) is 84.5 Å². The molecule has 4 aromatic rings. The highest BCUT2D eigenvalue weighted by atomic mass is 16.5. The minimum absolute atomic E-state index is 0.182. The van der Waals surface area contributed by atoms with Gasteiger partial charge in [0, 0.05) is 22.8 Å². The van der Waals surface area contributed by atoms with E-state index in [4.69, 9.17) is 8.94 Å². The molecule has 1 amide bonds. The molecule has 0 bridgehead atoms. The highest BCUT2D eigenvalue weighted by Gasteiger charge is 2.10. The number of rotatable bonds is 5. The van der Waals surface area contributed by atoms with Gasteiger partial charge in [0.2, 0.25) is 0 Å². The number of hydrogen-bond donors (Lipinski definition) is 1. The van der Waals surface area contributed by atoms with Crippen LogP contribution in [0.15, 0.2) is 82.2 Å². The molecular weight excluding hydrogens is 330 g/mol. The Kier molecular flexibility index (Phi) is 4.30. The topological polar surface area (TPSA) is 81.2 Å². The standard InChI is InChI=1S/C20H15N3O3/c24-20(16-8-6-15(7-9-16)19-12-21-13-25-19)22-11-17-10-18(26-23-17)14-4-2-1-3-5-14/h1-10,12-13H,11H2,(H,22,24). The fourth-order valence-corrected chi connectivity index (χ4v) is 2.55. The van der Waals surface area contributed by atoms with Gasteiger partial charge in [-0.15, -0.1) is 0 Å². The molecule has 6 nitrogen and oxygen atoms in total. The minimum Gasteiger partial charge on any atom is -0.444 e. The summed E-state index contributed by atoms with van der Waals surface area (Å²) in [6, 6.07) is 18.6. The summed E-state index contributed by atoms with van der Waals surface area (Å²) < 4.78 is 10.6. The summed E-state index contributed by atoms with van der Waals surface area (Å²) in [6.07, 6.45) is 3.00. The highest BCUT2D eigenvalue weighted by Crippen LogP contribution is 2.20. The summed E-state index contributed by atoms with van der Waals surface area (Å²) in [6.45, 7) is 0.291. The lowest BCUT2D eigenvalue weighted by Crippen LogP contribution is -2.22. The maximum Gasteiger partial charge on any atom is 0.251 e. The average Bonchev–Trinajstić information content (AvgIpc) is 3.39. The number of aromatic nitrogens is 2. The second-order valence-corrected chi connectivity index (χ2v) is 5.67. The van der Waals surface area contributed by atoms with Crippen molar-refractivity contribution in [1.29, 1.82) is 0 Å². The van der Waals surface area contributed by atoms with Crippen LogP contribution >= 0.6 is 0 Å². The quantitative estimate of drug-likeness (QED) is 0.593. The molecule has 0 saturated heterocycles. The normalized spacial score (nSPS) is 10.6. The van der Waals surface area contributed by atoms with E-state index in [0.717, 1.165) is 11.1 Å². The van der Waals surface area contributed by atoms with E-state index < -0.39 is 0 Å². The van der Waals surface area contributed by atoms with Crippen molar-refractivity contribution in [3.8, 4) is 22.6 Å². The molecule has 26 heavy (non-hydrogen) atoms.